The fraction of sp³-hybridized carbons (Fsp3) is 0.280. The van der Waals surface area contributed by atoms with Crippen molar-refractivity contribution in [2.75, 3.05) is 25.5 Å². The standard InChI is InChI=1S/C25H26FN3O2/c1-31-21-13-11-19(12-14-21)28-25(30)17-29-15-5-10-24(29)23-9-4-7-20(27-23)16-18-6-2-3-8-22(18)26/h2-4,6-9,11-14,24H,5,10,15-17H2,1H3,(H,28,30). The number of amides is 1. The summed E-state index contributed by atoms with van der Waals surface area (Å²) in [5.41, 5.74) is 3.14. The summed E-state index contributed by atoms with van der Waals surface area (Å²) in [6.07, 6.45) is 2.41. The van der Waals surface area contributed by atoms with Crippen molar-refractivity contribution < 1.29 is 13.9 Å². The van der Waals surface area contributed by atoms with Crippen LogP contribution >= 0.6 is 0 Å². The molecule has 1 unspecified atom stereocenters. The average Bonchev–Trinajstić information content (AvgIpc) is 3.24. The van der Waals surface area contributed by atoms with Crippen LogP contribution in [0.3, 0.4) is 0 Å². The van der Waals surface area contributed by atoms with Crippen LogP contribution in [0, 0.1) is 5.82 Å². The molecule has 1 aliphatic rings. The Morgan fingerprint density at radius 3 is 2.71 bits per heavy atom. The van der Waals surface area contributed by atoms with E-state index in [1.807, 2.05) is 48.5 Å². The summed E-state index contributed by atoms with van der Waals surface area (Å²) in [5.74, 6) is 0.478. The topological polar surface area (TPSA) is 54.5 Å². The van der Waals surface area contributed by atoms with Crippen molar-refractivity contribution in [3.05, 3.63) is 89.5 Å². The van der Waals surface area contributed by atoms with Gasteiger partial charge in [0.1, 0.15) is 11.6 Å². The molecule has 1 aromatic heterocycles. The highest BCUT2D eigenvalue weighted by atomic mass is 19.1. The molecule has 31 heavy (non-hydrogen) atoms. The van der Waals surface area contributed by atoms with Crippen molar-refractivity contribution in [3.63, 3.8) is 0 Å². The normalized spacial score (nSPS) is 16.3. The number of aromatic nitrogens is 1. The number of ether oxygens (including phenoxy) is 1. The molecular weight excluding hydrogens is 393 g/mol. The first-order valence-corrected chi connectivity index (χ1v) is 10.5. The Hall–Kier alpha value is -3.25. The minimum atomic E-state index is -0.215. The van der Waals surface area contributed by atoms with E-state index in [0.29, 0.717) is 18.5 Å². The molecule has 1 N–H and O–H groups in total. The number of halogens is 1. The number of carbonyl (C=O) groups is 1. The molecule has 1 amide bonds. The lowest BCUT2D eigenvalue weighted by Gasteiger charge is -2.24. The molecule has 0 saturated carbocycles. The van der Waals surface area contributed by atoms with Crippen LogP contribution in [0.15, 0.2) is 66.7 Å². The van der Waals surface area contributed by atoms with Crippen LogP contribution in [-0.4, -0.2) is 36.0 Å². The molecule has 5 nitrogen and oxygen atoms in total. The molecule has 1 fully saturated rings. The maximum absolute atomic E-state index is 14.0. The molecule has 2 aromatic carbocycles. The molecule has 0 spiro atoms. The number of methoxy groups -OCH3 is 1. The van der Waals surface area contributed by atoms with Gasteiger partial charge in [-0.05, 0) is 67.4 Å². The van der Waals surface area contributed by atoms with Gasteiger partial charge in [0, 0.05) is 17.8 Å². The van der Waals surface area contributed by atoms with E-state index < -0.39 is 0 Å². The minimum Gasteiger partial charge on any atom is -0.497 e. The number of benzene rings is 2. The summed E-state index contributed by atoms with van der Waals surface area (Å²) < 4.78 is 19.2. The van der Waals surface area contributed by atoms with E-state index in [9.17, 15) is 9.18 Å². The van der Waals surface area contributed by atoms with E-state index in [-0.39, 0.29) is 17.8 Å². The second kappa shape index (κ2) is 9.71. The third-order valence-electron chi connectivity index (χ3n) is 5.58. The molecular formula is C25H26FN3O2. The van der Waals surface area contributed by atoms with Crippen LogP contribution in [0.1, 0.15) is 35.8 Å². The van der Waals surface area contributed by atoms with E-state index in [1.54, 1.807) is 19.2 Å². The molecule has 0 radical (unpaired) electrons. The van der Waals surface area contributed by atoms with E-state index in [2.05, 4.69) is 10.2 Å². The van der Waals surface area contributed by atoms with E-state index in [0.717, 1.165) is 42.2 Å². The van der Waals surface area contributed by atoms with Gasteiger partial charge in [0.2, 0.25) is 5.91 Å². The Bertz CT molecular complexity index is 1040. The highest BCUT2D eigenvalue weighted by molar-refractivity contribution is 5.92. The third-order valence-corrected chi connectivity index (χ3v) is 5.58. The van der Waals surface area contributed by atoms with Gasteiger partial charge in [-0.3, -0.25) is 14.7 Å². The molecule has 1 atom stereocenters. The summed E-state index contributed by atoms with van der Waals surface area (Å²) in [6, 6.07) is 20.0. The van der Waals surface area contributed by atoms with Crippen LogP contribution in [0.2, 0.25) is 0 Å². The summed E-state index contributed by atoms with van der Waals surface area (Å²) in [4.78, 5) is 19.6. The number of rotatable bonds is 7. The SMILES string of the molecule is COc1ccc(NC(=O)CN2CCCC2c2cccc(Cc3ccccc3F)n2)cc1. The molecule has 1 saturated heterocycles. The van der Waals surface area contributed by atoms with Crippen LogP contribution in [0.5, 0.6) is 5.75 Å². The summed E-state index contributed by atoms with van der Waals surface area (Å²) >= 11 is 0. The zero-order chi connectivity index (χ0) is 21.6. The lowest BCUT2D eigenvalue weighted by atomic mass is 10.1. The summed E-state index contributed by atoms with van der Waals surface area (Å²) in [7, 11) is 1.61. The molecule has 1 aliphatic heterocycles. The number of hydrogen-bond donors (Lipinski definition) is 1. The Labute approximate surface area is 181 Å². The van der Waals surface area contributed by atoms with Gasteiger partial charge < -0.3 is 10.1 Å². The van der Waals surface area contributed by atoms with Gasteiger partial charge in [-0.2, -0.15) is 0 Å². The Balaban J connectivity index is 1.42. The van der Waals surface area contributed by atoms with Gasteiger partial charge in [-0.25, -0.2) is 4.39 Å². The lowest BCUT2D eigenvalue weighted by Crippen LogP contribution is -2.33. The molecule has 160 valence electrons. The fourth-order valence-electron chi connectivity index (χ4n) is 4.03. The predicted octanol–water partition coefficient (Wildman–Crippen LogP) is 4.60. The average molecular weight is 420 g/mol. The maximum atomic E-state index is 14.0. The van der Waals surface area contributed by atoms with E-state index >= 15 is 0 Å². The second-order valence-electron chi connectivity index (χ2n) is 7.73. The zero-order valence-corrected chi connectivity index (χ0v) is 17.6. The van der Waals surface area contributed by atoms with E-state index in [4.69, 9.17) is 9.72 Å². The minimum absolute atomic E-state index is 0.0559. The molecule has 0 aliphatic carbocycles. The monoisotopic (exact) mass is 419 g/mol. The Morgan fingerprint density at radius 1 is 1.13 bits per heavy atom. The second-order valence-corrected chi connectivity index (χ2v) is 7.73. The van der Waals surface area contributed by atoms with Crippen LogP contribution in [-0.2, 0) is 11.2 Å². The zero-order valence-electron chi connectivity index (χ0n) is 17.6. The third kappa shape index (κ3) is 5.27. The molecule has 0 bridgehead atoms. The van der Waals surface area contributed by atoms with Crippen LogP contribution in [0.25, 0.3) is 0 Å². The number of likely N-dealkylation sites (tertiary alicyclic amines) is 1. The van der Waals surface area contributed by atoms with Gasteiger partial charge in [0.15, 0.2) is 0 Å². The number of carbonyl (C=O) groups excluding carboxylic acids is 1. The number of nitrogens with zero attached hydrogens (tertiary/aromatic N) is 2. The number of nitrogens with one attached hydrogen (secondary N) is 1. The number of anilines is 1. The Kier molecular flexibility index (Phi) is 6.57. The van der Waals surface area contributed by atoms with Crippen LogP contribution < -0.4 is 10.1 Å². The smallest absolute Gasteiger partial charge is 0.238 e. The molecule has 6 heteroatoms. The molecule has 3 aromatic rings. The Morgan fingerprint density at radius 2 is 1.94 bits per heavy atom. The molecule has 2 heterocycles. The maximum Gasteiger partial charge on any atom is 0.238 e. The van der Waals surface area contributed by atoms with Gasteiger partial charge in [-0.1, -0.05) is 24.3 Å². The van der Waals surface area contributed by atoms with Gasteiger partial charge in [0.25, 0.3) is 0 Å². The largest absolute Gasteiger partial charge is 0.497 e. The first-order chi connectivity index (χ1) is 15.1. The van der Waals surface area contributed by atoms with Gasteiger partial charge in [0.05, 0.1) is 25.4 Å². The summed E-state index contributed by atoms with van der Waals surface area (Å²) in [6.45, 7) is 1.15. The highest BCUT2D eigenvalue weighted by Crippen LogP contribution is 2.31. The van der Waals surface area contributed by atoms with Crippen molar-refractivity contribution in [3.8, 4) is 5.75 Å². The lowest BCUT2D eigenvalue weighted by molar-refractivity contribution is -0.117. The number of hydrogen-bond acceptors (Lipinski definition) is 4. The van der Waals surface area contributed by atoms with Crippen molar-refractivity contribution in [2.45, 2.75) is 25.3 Å². The van der Waals surface area contributed by atoms with Crippen molar-refractivity contribution in [1.82, 2.24) is 9.88 Å². The highest BCUT2D eigenvalue weighted by Gasteiger charge is 2.28. The molecule has 4 rings (SSSR count). The number of pyridine rings is 1. The quantitative estimate of drug-likeness (QED) is 0.608. The first-order valence-electron chi connectivity index (χ1n) is 10.5. The van der Waals surface area contributed by atoms with Crippen molar-refractivity contribution in [2.24, 2.45) is 0 Å². The fourth-order valence-corrected chi connectivity index (χ4v) is 4.03. The van der Waals surface area contributed by atoms with Gasteiger partial charge >= 0.3 is 0 Å². The van der Waals surface area contributed by atoms with Crippen molar-refractivity contribution in [1.29, 1.82) is 0 Å². The van der Waals surface area contributed by atoms with Crippen molar-refractivity contribution >= 4 is 11.6 Å². The van der Waals surface area contributed by atoms with Gasteiger partial charge in [-0.15, -0.1) is 0 Å². The first kappa shape index (κ1) is 21.0. The predicted molar refractivity (Wildman–Crippen MR) is 119 cm³/mol. The van der Waals surface area contributed by atoms with E-state index in [1.165, 1.54) is 6.07 Å². The van der Waals surface area contributed by atoms with Crippen LogP contribution in [0.4, 0.5) is 10.1 Å². The summed E-state index contributed by atoms with van der Waals surface area (Å²) in [5, 5.41) is 2.94.